The molecule has 0 unspecified atom stereocenters. The average molecular weight is 348 g/mol. The number of allylic oxidation sites excluding steroid dienone is 1. The maximum atomic E-state index is 12.2. The highest BCUT2D eigenvalue weighted by molar-refractivity contribution is 14.1. The summed E-state index contributed by atoms with van der Waals surface area (Å²) in [6.45, 7) is 5.62. The van der Waals surface area contributed by atoms with Gasteiger partial charge in [-0.05, 0) is 32.6 Å². The molecule has 2 bridgehead atoms. The molecule has 0 amide bonds. The number of unbranched alkanes of at least 4 members (excludes halogenated alkanes) is 1. The summed E-state index contributed by atoms with van der Waals surface area (Å²) in [4.78, 5) is 24.3. The van der Waals surface area contributed by atoms with Crippen LogP contribution in [0.1, 0.15) is 39.0 Å². The second-order valence-corrected chi connectivity index (χ2v) is 6.39. The molecule has 2 rings (SSSR count). The number of halogens is 1. The number of ketones is 1. The Morgan fingerprint density at radius 2 is 2.29 bits per heavy atom. The van der Waals surface area contributed by atoms with Crippen LogP contribution in [0.2, 0.25) is 0 Å². The minimum Gasteiger partial charge on any atom is -0.457 e. The van der Waals surface area contributed by atoms with Crippen LogP contribution < -0.4 is 0 Å². The van der Waals surface area contributed by atoms with Gasteiger partial charge >= 0.3 is 5.97 Å². The van der Waals surface area contributed by atoms with Crippen LogP contribution in [0.4, 0.5) is 0 Å². The van der Waals surface area contributed by atoms with E-state index in [0.717, 1.165) is 12.8 Å². The fourth-order valence-corrected chi connectivity index (χ4v) is 4.24. The van der Waals surface area contributed by atoms with E-state index in [2.05, 4.69) is 29.2 Å². The molecule has 3 atom stereocenters. The van der Waals surface area contributed by atoms with Crippen LogP contribution in [0.25, 0.3) is 0 Å². The fourth-order valence-electron chi connectivity index (χ4n) is 2.89. The van der Waals surface area contributed by atoms with Gasteiger partial charge < -0.3 is 4.74 Å². The number of carbonyl (C=O) groups excluding carboxylic acids is 2. The summed E-state index contributed by atoms with van der Waals surface area (Å²) >= 11 is 2.23. The Balaban J connectivity index is 2.29. The summed E-state index contributed by atoms with van der Waals surface area (Å²) in [5.41, 5.74) is -1.32. The SMILES string of the molecule is C=CCCC[C@@]12C(=O)CC[C@@](C)(OC1=O)[C@@H]2I. The molecule has 2 fully saturated rings. The van der Waals surface area contributed by atoms with Gasteiger partial charge in [0.15, 0.2) is 5.78 Å². The standard InChI is InChI=1S/C13H17IO3/c1-3-4-5-7-13-9(15)6-8-12(2,10(13)14)17-11(13)16/h3,10H,1,4-8H2,2H3/t10-,12+,13-/m0/s1. The predicted octanol–water partition coefficient (Wildman–Crippen LogP) is 2.81. The lowest BCUT2D eigenvalue weighted by Gasteiger charge is -2.36. The van der Waals surface area contributed by atoms with Gasteiger partial charge in [0, 0.05) is 6.42 Å². The van der Waals surface area contributed by atoms with Crippen molar-refractivity contribution in [2.45, 2.75) is 48.6 Å². The van der Waals surface area contributed by atoms with Crippen LogP contribution in [0.3, 0.4) is 0 Å². The number of ether oxygens (including phenoxy) is 1. The number of rotatable bonds is 4. The third-order valence-electron chi connectivity index (χ3n) is 3.98. The Bertz CT molecular complexity index is 379. The molecule has 3 nitrogen and oxygen atoms in total. The largest absolute Gasteiger partial charge is 0.457 e. The molecule has 0 spiro atoms. The summed E-state index contributed by atoms with van der Waals surface area (Å²) in [6.07, 6.45) is 5.21. The molecule has 0 aromatic carbocycles. The van der Waals surface area contributed by atoms with Gasteiger partial charge in [0.25, 0.3) is 0 Å². The quantitative estimate of drug-likeness (QED) is 0.196. The first-order valence-electron chi connectivity index (χ1n) is 5.99. The monoisotopic (exact) mass is 348 g/mol. The molecule has 1 saturated heterocycles. The van der Waals surface area contributed by atoms with Gasteiger partial charge in [0.2, 0.25) is 0 Å². The fraction of sp³-hybridized carbons (Fsp3) is 0.692. The number of hydrogen-bond donors (Lipinski definition) is 0. The van der Waals surface area contributed by atoms with Crippen molar-refractivity contribution >= 4 is 34.3 Å². The number of carbonyl (C=O) groups is 2. The topological polar surface area (TPSA) is 43.4 Å². The lowest BCUT2D eigenvalue weighted by molar-refractivity contribution is -0.153. The van der Waals surface area contributed by atoms with E-state index in [9.17, 15) is 9.59 Å². The van der Waals surface area contributed by atoms with Crippen LogP contribution in [0.5, 0.6) is 0 Å². The summed E-state index contributed by atoms with van der Waals surface area (Å²) in [7, 11) is 0. The molecule has 17 heavy (non-hydrogen) atoms. The van der Waals surface area contributed by atoms with Crippen molar-refractivity contribution in [3.8, 4) is 0 Å². The molecule has 0 aromatic heterocycles. The van der Waals surface area contributed by atoms with Crippen molar-refractivity contribution in [3.63, 3.8) is 0 Å². The van der Waals surface area contributed by atoms with E-state index < -0.39 is 11.0 Å². The van der Waals surface area contributed by atoms with Gasteiger partial charge in [-0.3, -0.25) is 9.59 Å². The Morgan fingerprint density at radius 3 is 2.94 bits per heavy atom. The van der Waals surface area contributed by atoms with Crippen molar-refractivity contribution < 1.29 is 14.3 Å². The first-order valence-corrected chi connectivity index (χ1v) is 7.23. The second-order valence-electron chi connectivity index (χ2n) is 5.14. The van der Waals surface area contributed by atoms with Crippen LogP contribution in [-0.2, 0) is 14.3 Å². The highest BCUT2D eigenvalue weighted by Crippen LogP contribution is 2.55. The maximum Gasteiger partial charge on any atom is 0.321 e. The van der Waals surface area contributed by atoms with Crippen molar-refractivity contribution in [3.05, 3.63) is 12.7 Å². The van der Waals surface area contributed by atoms with Crippen LogP contribution in [0.15, 0.2) is 12.7 Å². The van der Waals surface area contributed by atoms with E-state index in [1.165, 1.54) is 0 Å². The zero-order valence-electron chi connectivity index (χ0n) is 10.0. The smallest absolute Gasteiger partial charge is 0.321 e. The number of esters is 1. The molecular weight excluding hydrogens is 331 g/mol. The maximum absolute atomic E-state index is 12.2. The first-order chi connectivity index (χ1) is 7.97. The minimum absolute atomic E-state index is 0.0360. The van der Waals surface area contributed by atoms with E-state index >= 15 is 0 Å². The van der Waals surface area contributed by atoms with Gasteiger partial charge in [-0.2, -0.15) is 0 Å². The third-order valence-corrected chi connectivity index (χ3v) is 6.36. The molecule has 1 aliphatic carbocycles. The lowest BCUT2D eigenvalue weighted by atomic mass is 9.67. The van der Waals surface area contributed by atoms with Crippen molar-refractivity contribution in [1.82, 2.24) is 0 Å². The first kappa shape index (κ1) is 13.1. The van der Waals surface area contributed by atoms with Crippen LogP contribution in [0, 0.1) is 5.41 Å². The average Bonchev–Trinajstić information content (AvgIpc) is 2.40. The molecular formula is C13H17IO3. The summed E-state index contributed by atoms with van der Waals surface area (Å²) in [6, 6.07) is 0. The van der Waals surface area contributed by atoms with Crippen molar-refractivity contribution in [2.75, 3.05) is 0 Å². The highest BCUT2D eigenvalue weighted by Gasteiger charge is 2.67. The minimum atomic E-state index is -0.878. The molecule has 1 heterocycles. The zero-order valence-corrected chi connectivity index (χ0v) is 12.2. The van der Waals surface area contributed by atoms with Gasteiger partial charge in [0.1, 0.15) is 11.0 Å². The van der Waals surface area contributed by atoms with E-state index in [1.807, 2.05) is 13.0 Å². The zero-order chi connectivity index (χ0) is 12.7. The van der Waals surface area contributed by atoms with E-state index in [1.54, 1.807) is 0 Å². The van der Waals surface area contributed by atoms with Gasteiger partial charge in [-0.1, -0.05) is 28.7 Å². The lowest BCUT2D eigenvalue weighted by Crippen LogP contribution is -2.50. The molecule has 0 radical (unpaired) electrons. The van der Waals surface area contributed by atoms with Crippen LogP contribution >= 0.6 is 22.6 Å². The normalized spacial score (nSPS) is 40.2. The molecule has 1 aliphatic heterocycles. The van der Waals surface area contributed by atoms with Gasteiger partial charge in [-0.15, -0.1) is 6.58 Å². The van der Waals surface area contributed by atoms with Gasteiger partial charge in [-0.25, -0.2) is 0 Å². The summed E-state index contributed by atoms with van der Waals surface area (Å²) in [5, 5.41) is 0. The number of alkyl halides is 1. The van der Waals surface area contributed by atoms with Crippen molar-refractivity contribution in [2.24, 2.45) is 5.41 Å². The van der Waals surface area contributed by atoms with E-state index in [4.69, 9.17) is 4.74 Å². The van der Waals surface area contributed by atoms with Crippen LogP contribution in [-0.4, -0.2) is 21.3 Å². The Labute approximate surface area is 115 Å². The Kier molecular flexibility index (Phi) is 3.36. The molecule has 2 aliphatic rings. The summed E-state index contributed by atoms with van der Waals surface area (Å²) < 4.78 is 5.46. The molecule has 94 valence electrons. The number of hydrogen-bond acceptors (Lipinski definition) is 3. The Morgan fingerprint density at radius 1 is 1.59 bits per heavy atom. The molecule has 1 saturated carbocycles. The second kappa shape index (κ2) is 4.37. The molecule has 0 N–H and O–H groups in total. The predicted molar refractivity (Wildman–Crippen MR) is 73.0 cm³/mol. The molecule has 4 heteroatoms. The highest BCUT2D eigenvalue weighted by atomic mass is 127. The number of fused-ring (bicyclic) bond motifs is 2. The van der Waals surface area contributed by atoms with Gasteiger partial charge in [0.05, 0.1) is 3.92 Å². The summed E-state index contributed by atoms with van der Waals surface area (Å²) in [5.74, 6) is -0.230. The number of Topliss-reactive ketones (excluding diaryl/α,β-unsaturated/α-hetero) is 1. The Hall–Kier alpha value is -0.390. The van der Waals surface area contributed by atoms with E-state index in [-0.39, 0.29) is 15.7 Å². The van der Waals surface area contributed by atoms with E-state index in [0.29, 0.717) is 19.3 Å². The third kappa shape index (κ3) is 1.75. The molecule has 0 aromatic rings. The van der Waals surface area contributed by atoms with Crippen molar-refractivity contribution in [1.29, 1.82) is 0 Å².